The predicted molar refractivity (Wildman–Crippen MR) is 99.3 cm³/mol. The third-order valence-electron chi connectivity index (χ3n) is 3.55. The number of nitrogens with zero attached hydrogens (tertiary/aromatic N) is 2. The Morgan fingerprint density at radius 1 is 0.958 bits per heavy atom. The number of hydrogen-bond acceptors (Lipinski definition) is 5. The fourth-order valence-electron chi connectivity index (χ4n) is 2.42. The van der Waals surface area contributed by atoms with E-state index >= 15 is 0 Å². The van der Waals surface area contributed by atoms with E-state index in [1.165, 1.54) is 0 Å². The Bertz CT molecular complexity index is 1000. The third kappa shape index (κ3) is 2.91. The average molecular weight is 354 g/mol. The highest BCUT2D eigenvalue weighted by Crippen LogP contribution is 2.36. The van der Waals surface area contributed by atoms with Crippen molar-refractivity contribution in [3.8, 4) is 16.2 Å². The first-order valence-electron chi connectivity index (χ1n) is 7.27. The molecule has 4 aromatic rings. The van der Waals surface area contributed by atoms with Gasteiger partial charge in [-0.1, -0.05) is 30.3 Å². The molecule has 2 aromatic carbocycles. The number of phenolic OH excluding ortho intramolecular Hbond substituents is 1. The summed E-state index contributed by atoms with van der Waals surface area (Å²) in [5.41, 5.74) is 1.95. The average Bonchev–Trinajstić information content (AvgIpc) is 3.02. The van der Waals surface area contributed by atoms with Crippen molar-refractivity contribution in [3.63, 3.8) is 0 Å². The normalized spacial score (nSPS) is 10.9. The first-order chi connectivity index (χ1) is 11.7. The van der Waals surface area contributed by atoms with Crippen LogP contribution in [0.2, 0.25) is 5.28 Å². The van der Waals surface area contributed by atoms with Crippen LogP contribution in [-0.4, -0.2) is 15.1 Å². The maximum atomic E-state index is 9.40. The fraction of sp³-hybridized carbons (Fsp3) is 0. The molecular weight excluding hydrogens is 342 g/mol. The topological polar surface area (TPSA) is 58.0 Å². The summed E-state index contributed by atoms with van der Waals surface area (Å²) in [6.07, 6.45) is 0. The minimum atomic E-state index is 0.199. The summed E-state index contributed by atoms with van der Waals surface area (Å²) in [5, 5.41) is 13.7. The quantitative estimate of drug-likeness (QED) is 0.379. The van der Waals surface area contributed by atoms with Gasteiger partial charge in [0, 0.05) is 10.6 Å². The molecule has 0 saturated carbocycles. The van der Waals surface area contributed by atoms with Crippen molar-refractivity contribution < 1.29 is 5.11 Å². The Kier molecular flexibility index (Phi) is 3.80. The highest BCUT2D eigenvalue weighted by molar-refractivity contribution is 7.22. The zero-order valence-corrected chi connectivity index (χ0v) is 14.0. The van der Waals surface area contributed by atoms with Crippen LogP contribution < -0.4 is 5.32 Å². The molecule has 4 nitrogen and oxygen atoms in total. The number of anilines is 2. The van der Waals surface area contributed by atoms with Gasteiger partial charge in [-0.05, 0) is 47.5 Å². The minimum Gasteiger partial charge on any atom is -0.508 e. The van der Waals surface area contributed by atoms with E-state index in [0.29, 0.717) is 5.82 Å². The van der Waals surface area contributed by atoms with Crippen LogP contribution in [0.4, 0.5) is 11.5 Å². The number of thiophene rings is 1. The van der Waals surface area contributed by atoms with Crippen molar-refractivity contribution in [2.45, 2.75) is 0 Å². The van der Waals surface area contributed by atoms with Gasteiger partial charge >= 0.3 is 0 Å². The largest absolute Gasteiger partial charge is 0.508 e. The second-order valence-corrected chi connectivity index (χ2v) is 6.58. The van der Waals surface area contributed by atoms with E-state index in [-0.39, 0.29) is 11.0 Å². The maximum Gasteiger partial charge on any atom is 0.225 e. The molecule has 2 aromatic heterocycles. The van der Waals surface area contributed by atoms with Crippen molar-refractivity contribution in [3.05, 3.63) is 65.9 Å². The molecule has 0 radical (unpaired) electrons. The second kappa shape index (κ2) is 6.11. The summed E-state index contributed by atoms with van der Waals surface area (Å²) in [6, 6.07) is 19.0. The third-order valence-corrected chi connectivity index (χ3v) is 4.80. The lowest BCUT2D eigenvalue weighted by Crippen LogP contribution is -1.95. The number of rotatable bonds is 3. The monoisotopic (exact) mass is 353 g/mol. The van der Waals surface area contributed by atoms with Gasteiger partial charge in [0.05, 0.1) is 5.39 Å². The molecule has 0 spiro atoms. The molecule has 0 unspecified atom stereocenters. The van der Waals surface area contributed by atoms with Crippen LogP contribution >= 0.6 is 22.9 Å². The number of aromatic hydroxyl groups is 1. The standard InChI is InChI=1S/C18H12ClN3OS/c19-18-21-16(20-12-6-8-13(23)9-7-12)14-10-15(24-17(14)22-18)11-4-2-1-3-5-11/h1-10,23H,(H,20,21,22). The van der Waals surface area contributed by atoms with E-state index in [1.54, 1.807) is 35.6 Å². The van der Waals surface area contributed by atoms with Crippen LogP contribution in [0, 0.1) is 0 Å². The molecule has 118 valence electrons. The molecule has 0 aliphatic heterocycles. The van der Waals surface area contributed by atoms with Crippen LogP contribution in [0.25, 0.3) is 20.7 Å². The highest BCUT2D eigenvalue weighted by Gasteiger charge is 2.12. The first kappa shape index (κ1) is 14.9. The maximum absolute atomic E-state index is 9.40. The molecule has 2 N–H and O–H groups in total. The molecule has 24 heavy (non-hydrogen) atoms. The van der Waals surface area contributed by atoms with Crippen LogP contribution in [0.15, 0.2) is 60.7 Å². The van der Waals surface area contributed by atoms with E-state index in [4.69, 9.17) is 11.6 Å². The molecule has 0 aliphatic carbocycles. The molecule has 0 atom stereocenters. The number of benzene rings is 2. The van der Waals surface area contributed by atoms with E-state index in [9.17, 15) is 5.11 Å². The second-order valence-electron chi connectivity index (χ2n) is 5.21. The van der Waals surface area contributed by atoms with Gasteiger partial charge in [0.15, 0.2) is 0 Å². The number of halogens is 1. The molecule has 6 heteroatoms. The Balaban J connectivity index is 1.80. The lowest BCUT2D eigenvalue weighted by Gasteiger charge is -2.07. The zero-order chi connectivity index (χ0) is 16.5. The van der Waals surface area contributed by atoms with Crippen LogP contribution in [-0.2, 0) is 0 Å². The van der Waals surface area contributed by atoms with Gasteiger partial charge in [-0.3, -0.25) is 0 Å². The Morgan fingerprint density at radius 2 is 1.71 bits per heavy atom. The van der Waals surface area contributed by atoms with Gasteiger partial charge in [0.2, 0.25) is 5.28 Å². The van der Waals surface area contributed by atoms with Crippen molar-refractivity contribution in [1.29, 1.82) is 0 Å². The molecule has 4 rings (SSSR count). The number of aromatic nitrogens is 2. The number of phenols is 1. The molecule has 0 bridgehead atoms. The van der Waals surface area contributed by atoms with Gasteiger partial charge in [-0.25, -0.2) is 4.98 Å². The highest BCUT2D eigenvalue weighted by atomic mass is 35.5. The number of hydrogen-bond donors (Lipinski definition) is 2. The van der Waals surface area contributed by atoms with E-state index < -0.39 is 0 Å². The molecular formula is C18H12ClN3OS. The Hall–Kier alpha value is -2.63. The smallest absolute Gasteiger partial charge is 0.225 e. The summed E-state index contributed by atoms with van der Waals surface area (Å²) in [5.74, 6) is 0.863. The van der Waals surface area contributed by atoms with Gasteiger partial charge in [0.25, 0.3) is 0 Å². The Morgan fingerprint density at radius 3 is 2.46 bits per heavy atom. The predicted octanol–water partition coefficient (Wildman–Crippen LogP) is 5.46. The lowest BCUT2D eigenvalue weighted by molar-refractivity contribution is 0.475. The molecule has 0 aliphatic rings. The summed E-state index contributed by atoms with van der Waals surface area (Å²) >= 11 is 7.65. The van der Waals surface area contributed by atoms with Crippen molar-refractivity contribution in [2.24, 2.45) is 0 Å². The Labute approximate surface area is 147 Å². The SMILES string of the molecule is Oc1ccc(Nc2nc(Cl)nc3sc(-c4ccccc4)cc23)cc1. The van der Waals surface area contributed by atoms with E-state index in [1.807, 2.05) is 18.2 Å². The van der Waals surface area contributed by atoms with E-state index in [0.717, 1.165) is 26.3 Å². The summed E-state index contributed by atoms with van der Waals surface area (Å²) < 4.78 is 0. The fourth-order valence-corrected chi connectivity index (χ4v) is 3.67. The lowest BCUT2D eigenvalue weighted by atomic mass is 10.2. The summed E-state index contributed by atoms with van der Waals surface area (Å²) in [4.78, 5) is 10.6. The van der Waals surface area contributed by atoms with Gasteiger partial charge in [-0.15, -0.1) is 11.3 Å². The van der Waals surface area contributed by atoms with Crippen LogP contribution in [0.5, 0.6) is 5.75 Å². The number of fused-ring (bicyclic) bond motifs is 1. The van der Waals surface area contributed by atoms with Crippen molar-refractivity contribution in [1.82, 2.24) is 9.97 Å². The zero-order valence-electron chi connectivity index (χ0n) is 12.4. The minimum absolute atomic E-state index is 0.199. The first-order valence-corrected chi connectivity index (χ1v) is 8.47. The summed E-state index contributed by atoms with van der Waals surface area (Å²) in [7, 11) is 0. The van der Waals surface area contributed by atoms with Crippen molar-refractivity contribution in [2.75, 3.05) is 5.32 Å². The van der Waals surface area contributed by atoms with Gasteiger partial charge in [0.1, 0.15) is 16.4 Å². The van der Waals surface area contributed by atoms with E-state index in [2.05, 4.69) is 33.5 Å². The van der Waals surface area contributed by atoms with Gasteiger partial charge in [-0.2, -0.15) is 4.98 Å². The van der Waals surface area contributed by atoms with Crippen LogP contribution in [0.3, 0.4) is 0 Å². The molecule has 0 fully saturated rings. The molecule has 2 heterocycles. The molecule has 0 saturated heterocycles. The van der Waals surface area contributed by atoms with Crippen LogP contribution in [0.1, 0.15) is 0 Å². The van der Waals surface area contributed by atoms with Gasteiger partial charge < -0.3 is 10.4 Å². The number of nitrogens with one attached hydrogen (secondary N) is 1. The summed E-state index contributed by atoms with van der Waals surface area (Å²) in [6.45, 7) is 0. The molecule has 0 amide bonds. The van der Waals surface area contributed by atoms with Crippen molar-refractivity contribution >= 4 is 44.7 Å².